The maximum atomic E-state index is 5.20. The lowest BCUT2D eigenvalue weighted by Gasteiger charge is -2.19. The molecule has 0 atom stereocenters. The molecule has 0 radical (unpaired) electrons. The number of methoxy groups -OCH3 is 1. The zero-order valence-electron chi connectivity index (χ0n) is 8.98. The Bertz CT molecular complexity index is 304. The zero-order chi connectivity index (χ0) is 10.8. The Morgan fingerprint density at radius 2 is 2.14 bits per heavy atom. The van der Waals surface area contributed by atoms with E-state index in [0.717, 1.165) is 16.1 Å². The molecular formula is C10H16BrNOS. The third-order valence-corrected chi connectivity index (χ3v) is 3.63. The predicted octanol–water partition coefficient (Wildman–Crippen LogP) is 3.41. The van der Waals surface area contributed by atoms with Gasteiger partial charge in [-0.1, -0.05) is 0 Å². The monoisotopic (exact) mass is 277 g/mol. The first-order valence-corrected chi connectivity index (χ1v) is 6.10. The van der Waals surface area contributed by atoms with Crippen LogP contribution in [0.1, 0.15) is 25.6 Å². The van der Waals surface area contributed by atoms with E-state index in [1.807, 2.05) is 0 Å². The molecular weight excluding hydrogens is 262 g/mol. The number of hydrogen-bond donors (Lipinski definition) is 1. The van der Waals surface area contributed by atoms with Crippen LogP contribution < -0.4 is 10.1 Å². The summed E-state index contributed by atoms with van der Waals surface area (Å²) in [6.45, 7) is 7.36. The lowest BCUT2D eigenvalue weighted by Crippen LogP contribution is -2.34. The van der Waals surface area contributed by atoms with Crippen LogP contribution in [0.5, 0.6) is 5.06 Å². The molecule has 0 spiro atoms. The lowest BCUT2D eigenvalue weighted by atomic mass is 10.1. The van der Waals surface area contributed by atoms with Gasteiger partial charge in [-0.2, -0.15) is 0 Å². The van der Waals surface area contributed by atoms with Gasteiger partial charge in [-0.15, -0.1) is 11.3 Å². The van der Waals surface area contributed by atoms with E-state index in [9.17, 15) is 0 Å². The molecule has 14 heavy (non-hydrogen) atoms. The van der Waals surface area contributed by atoms with Crippen LogP contribution in [0.2, 0.25) is 0 Å². The molecule has 0 aliphatic carbocycles. The Morgan fingerprint density at radius 1 is 1.50 bits per heavy atom. The molecule has 1 heterocycles. The van der Waals surface area contributed by atoms with Crippen molar-refractivity contribution in [2.45, 2.75) is 32.9 Å². The first-order valence-electron chi connectivity index (χ1n) is 4.49. The van der Waals surface area contributed by atoms with Gasteiger partial charge in [-0.05, 0) is 42.8 Å². The Labute approximate surface area is 97.8 Å². The molecule has 4 heteroatoms. The molecule has 0 bridgehead atoms. The Hall–Kier alpha value is -0.0600. The van der Waals surface area contributed by atoms with Crippen LogP contribution in [0, 0.1) is 0 Å². The van der Waals surface area contributed by atoms with Crippen molar-refractivity contribution < 1.29 is 4.74 Å². The average Bonchev–Trinajstić information content (AvgIpc) is 2.42. The highest BCUT2D eigenvalue weighted by atomic mass is 79.9. The maximum Gasteiger partial charge on any atom is 0.188 e. The quantitative estimate of drug-likeness (QED) is 0.915. The van der Waals surface area contributed by atoms with E-state index >= 15 is 0 Å². The van der Waals surface area contributed by atoms with Crippen LogP contribution in [-0.4, -0.2) is 12.6 Å². The summed E-state index contributed by atoms with van der Waals surface area (Å²) in [6, 6.07) is 2.10. The SMILES string of the molecule is COc1sc(CNC(C)(C)C)cc1Br. The van der Waals surface area contributed by atoms with E-state index in [4.69, 9.17) is 4.74 Å². The van der Waals surface area contributed by atoms with E-state index in [1.165, 1.54) is 4.88 Å². The molecule has 0 unspecified atom stereocenters. The van der Waals surface area contributed by atoms with Crippen LogP contribution in [0.3, 0.4) is 0 Å². The molecule has 0 aliphatic rings. The van der Waals surface area contributed by atoms with Crippen molar-refractivity contribution in [3.63, 3.8) is 0 Å². The fraction of sp³-hybridized carbons (Fsp3) is 0.600. The van der Waals surface area contributed by atoms with Gasteiger partial charge in [0.2, 0.25) is 0 Å². The first kappa shape index (κ1) is 12.0. The molecule has 0 fully saturated rings. The molecule has 0 saturated carbocycles. The van der Waals surface area contributed by atoms with Gasteiger partial charge < -0.3 is 10.1 Å². The average molecular weight is 278 g/mol. The van der Waals surface area contributed by atoms with Crippen molar-refractivity contribution in [3.05, 3.63) is 15.4 Å². The number of nitrogens with one attached hydrogen (secondary N) is 1. The Morgan fingerprint density at radius 3 is 2.57 bits per heavy atom. The molecule has 0 amide bonds. The van der Waals surface area contributed by atoms with Crippen LogP contribution >= 0.6 is 27.3 Å². The normalized spacial score (nSPS) is 11.8. The van der Waals surface area contributed by atoms with Gasteiger partial charge in [0, 0.05) is 17.0 Å². The van der Waals surface area contributed by atoms with Gasteiger partial charge in [-0.3, -0.25) is 0 Å². The van der Waals surface area contributed by atoms with Gasteiger partial charge in [0.15, 0.2) is 5.06 Å². The summed E-state index contributed by atoms with van der Waals surface area (Å²) in [4.78, 5) is 1.28. The van der Waals surface area contributed by atoms with Crippen molar-refractivity contribution >= 4 is 27.3 Å². The van der Waals surface area contributed by atoms with E-state index in [2.05, 4.69) is 48.1 Å². The van der Waals surface area contributed by atoms with E-state index in [0.29, 0.717) is 0 Å². The lowest BCUT2D eigenvalue weighted by molar-refractivity contribution is 0.424. The van der Waals surface area contributed by atoms with Gasteiger partial charge in [0.25, 0.3) is 0 Å². The predicted molar refractivity (Wildman–Crippen MR) is 65.2 cm³/mol. The zero-order valence-corrected chi connectivity index (χ0v) is 11.4. The highest BCUT2D eigenvalue weighted by Crippen LogP contribution is 2.34. The molecule has 1 aromatic heterocycles. The molecule has 2 nitrogen and oxygen atoms in total. The Balaban J connectivity index is 2.60. The molecule has 1 aromatic rings. The number of halogens is 1. The van der Waals surface area contributed by atoms with Crippen LogP contribution in [0.4, 0.5) is 0 Å². The summed E-state index contributed by atoms with van der Waals surface area (Å²) >= 11 is 5.12. The van der Waals surface area contributed by atoms with Crippen molar-refractivity contribution in [3.8, 4) is 5.06 Å². The minimum absolute atomic E-state index is 0.156. The van der Waals surface area contributed by atoms with Crippen molar-refractivity contribution in [2.75, 3.05) is 7.11 Å². The summed E-state index contributed by atoms with van der Waals surface area (Å²) in [6.07, 6.45) is 0. The third kappa shape index (κ3) is 3.59. The molecule has 0 aliphatic heterocycles. The highest BCUT2D eigenvalue weighted by molar-refractivity contribution is 9.10. The molecule has 80 valence electrons. The fourth-order valence-corrected chi connectivity index (χ4v) is 2.61. The summed E-state index contributed by atoms with van der Waals surface area (Å²) in [5, 5.41) is 4.38. The number of hydrogen-bond acceptors (Lipinski definition) is 3. The standard InChI is InChI=1S/C10H16BrNOS/c1-10(2,3)12-6-7-5-8(11)9(13-4)14-7/h5,12H,6H2,1-4H3. The number of rotatable bonds is 3. The van der Waals surface area contributed by atoms with E-state index < -0.39 is 0 Å². The highest BCUT2D eigenvalue weighted by Gasteiger charge is 2.11. The second-order valence-electron chi connectivity index (χ2n) is 4.16. The van der Waals surface area contributed by atoms with Crippen molar-refractivity contribution in [1.29, 1.82) is 0 Å². The Kier molecular flexibility index (Phi) is 3.98. The maximum absolute atomic E-state index is 5.20. The van der Waals surface area contributed by atoms with Crippen molar-refractivity contribution in [2.24, 2.45) is 0 Å². The molecule has 0 saturated heterocycles. The summed E-state index contributed by atoms with van der Waals surface area (Å²) in [5.41, 5.74) is 0.156. The second kappa shape index (κ2) is 4.64. The summed E-state index contributed by atoms with van der Waals surface area (Å²) in [5.74, 6) is 0. The number of ether oxygens (including phenoxy) is 1. The number of thiophene rings is 1. The largest absolute Gasteiger partial charge is 0.486 e. The molecule has 1 rings (SSSR count). The minimum atomic E-state index is 0.156. The molecule has 1 N–H and O–H groups in total. The van der Waals surface area contributed by atoms with E-state index in [-0.39, 0.29) is 5.54 Å². The van der Waals surface area contributed by atoms with Crippen LogP contribution in [-0.2, 0) is 6.54 Å². The molecule has 0 aromatic carbocycles. The summed E-state index contributed by atoms with van der Waals surface area (Å²) < 4.78 is 6.24. The minimum Gasteiger partial charge on any atom is -0.486 e. The van der Waals surface area contributed by atoms with Gasteiger partial charge in [0.05, 0.1) is 11.6 Å². The third-order valence-electron chi connectivity index (χ3n) is 1.68. The van der Waals surface area contributed by atoms with Crippen molar-refractivity contribution in [1.82, 2.24) is 5.32 Å². The smallest absolute Gasteiger partial charge is 0.188 e. The van der Waals surface area contributed by atoms with Gasteiger partial charge in [-0.25, -0.2) is 0 Å². The van der Waals surface area contributed by atoms with Gasteiger partial charge in [0.1, 0.15) is 0 Å². The second-order valence-corrected chi connectivity index (χ2v) is 6.11. The van der Waals surface area contributed by atoms with E-state index in [1.54, 1.807) is 18.4 Å². The van der Waals surface area contributed by atoms with Gasteiger partial charge >= 0.3 is 0 Å². The topological polar surface area (TPSA) is 21.3 Å². The van der Waals surface area contributed by atoms with Crippen LogP contribution in [0.15, 0.2) is 10.5 Å². The van der Waals surface area contributed by atoms with Crippen LogP contribution in [0.25, 0.3) is 0 Å². The first-order chi connectivity index (χ1) is 6.42. The fourth-order valence-electron chi connectivity index (χ4n) is 0.976. The summed E-state index contributed by atoms with van der Waals surface area (Å²) in [7, 11) is 1.69.